The largest absolute Gasteiger partial charge is 0.306 e. The molecule has 0 spiro atoms. The lowest BCUT2D eigenvalue weighted by molar-refractivity contribution is 0.450. The molecule has 1 aliphatic rings. The number of halogens is 1. The van der Waals surface area contributed by atoms with Gasteiger partial charge in [-0.05, 0) is 30.5 Å². The molecule has 1 saturated heterocycles. The van der Waals surface area contributed by atoms with Crippen LogP contribution in [0.4, 0.5) is 0 Å². The highest BCUT2D eigenvalue weighted by atomic mass is 79.9. The van der Waals surface area contributed by atoms with Crippen LogP contribution in [0, 0.1) is 0 Å². The second-order valence-corrected chi connectivity index (χ2v) is 7.93. The minimum Gasteiger partial charge on any atom is -0.306 e. The third-order valence-corrected chi connectivity index (χ3v) is 5.59. The van der Waals surface area contributed by atoms with Crippen molar-refractivity contribution in [3.05, 3.63) is 34.3 Å². The highest BCUT2D eigenvalue weighted by Crippen LogP contribution is 2.23. The van der Waals surface area contributed by atoms with Crippen LogP contribution in [0.15, 0.2) is 28.7 Å². The molecular formula is C13H18BrNO2S. The summed E-state index contributed by atoms with van der Waals surface area (Å²) >= 11 is 3.47. The van der Waals surface area contributed by atoms with E-state index in [0.29, 0.717) is 5.75 Å². The van der Waals surface area contributed by atoms with E-state index in [1.54, 1.807) is 0 Å². The third-order valence-electron chi connectivity index (χ3n) is 3.33. The highest BCUT2D eigenvalue weighted by molar-refractivity contribution is 9.10. The Labute approximate surface area is 117 Å². The first-order valence-electron chi connectivity index (χ1n) is 6.22. The minimum atomic E-state index is -2.81. The van der Waals surface area contributed by atoms with Crippen molar-refractivity contribution in [3.8, 4) is 0 Å². The van der Waals surface area contributed by atoms with E-state index in [1.807, 2.05) is 12.1 Å². The number of nitrogens with one attached hydrogen (secondary N) is 1. The Bertz CT molecular complexity index is 515. The van der Waals surface area contributed by atoms with Crippen molar-refractivity contribution in [1.29, 1.82) is 0 Å². The fraction of sp³-hybridized carbons (Fsp3) is 0.538. The minimum absolute atomic E-state index is 0.0962. The molecular weight excluding hydrogens is 314 g/mol. The number of hydrogen-bond acceptors (Lipinski definition) is 3. The van der Waals surface area contributed by atoms with Crippen molar-refractivity contribution in [2.45, 2.75) is 31.8 Å². The zero-order valence-corrected chi connectivity index (χ0v) is 12.8. The second-order valence-electron chi connectivity index (χ2n) is 4.78. The molecule has 5 heteroatoms. The Balaban J connectivity index is 2.06. The van der Waals surface area contributed by atoms with Gasteiger partial charge < -0.3 is 5.32 Å². The number of sulfone groups is 1. The van der Waals surface area contributed by atoms with Crippen LogP contribution in [0.2, 0.25) is 0 Å². The molecule has 0 radical (unpaired) electrons. The van der Waals surface area contributed by atoms with Crippen LogP contribution in [0.3, 0.4) is 0 Å². The van der Waals surface area contributed by atoms with Gasteiger partial charge in [-0.1, -0.05) is 35.0 Å². The van der Waals surface area contributed by atoms with Gasteiger partial charge in [-0.3, -0.25) is 0 Å². The average molecular weight is 332 g/mol. The highest BCUT2D eigenvalue weighted by Gasteiger charge is 2.29. The van der Waals surface area contributed by atoms with E-state index in [2.05, 4.69) is 40.3 Å². The van der Waals surface area contributed by atoms with Crippen LogP contribution in [0.1, 0.15) is 31.4 Å². The molecule has 0 saturated carbocycles. The van der Waals surface area contributed by atoms with Gasteiger partial charge in [0.15, 0.2) is 9.84 Å². The maximum absolute atomic E-state index is 11.5. The van der Waals surface area contributed by atoms with Crippen molar-refractivity contribution < 1.29 is 8.42 Å². The summed E-state index contributed by atoms with van der Waals surface area (Å²) in [7, 11) is -2.81. The summed E-state index contributed by atoms with van der Waals surface area (Å²) < 4.78 is 24.0. The summed E-state index contributed by atoms with van der Waals surface area (Å²) in [5.41, 5.74) is 1.20. The van der Waals surface area contributed by atoms with Crippen molar-refractivity contribution in [2.75, 3.05) is 11.5 Å². The van der Waals surface area contributed by atoms with Gasteiger partial charge in [-0.25, -0.2) is 8.42 Å². The Hall–Kier alpha value is -0.390. The second kappa shape index (κ2) is 5.72. The topological polar surface area (TPSA) is 46.2 Å². The molecule has 1 aromatic rings. The smallest absolute Gasteiger partial charge is 0.151 e. The Kier molecular flexibility index (Phi) is 4.45. The molecule has 1 N–H and O–H groups in total. The predicted octanol–water partition coefficient (Wildman–Crippen LogP) is 2.68. The summed E-state index contributed by atoms with van der Waals surface area (Å²) in [4.78, 5) is 0. The van der Waals surface area contributed by atoms with Crippen LogP contribution >= 0.6 is 15.9 Å². The summed E-state index contributed by atoms with van der Waals surface area (Å²) in [6.45, 7) is 2.11. The zero-order valence-electron chi connectivity index (χ0n) is 10.4. The molecule has 2 rings (SSSR count). The molecule has 100 valence electrons. The molecule has 0 aromatic heterocycles. The van der Waals surface area contributed by atoms with Gasteiger partial charge in [0.1, 0.15) is 0 Å². The van der Waals surface area contributed by atoms with E-state index in [0.717, 1.165) is 17.3 Å². The number of benzene rings is 1. The van der Waals surface area contributed by atoms with Gasteiger partial charge >= 0.3 is 0 Å². The van der Waals surface area contributed by atoms with Gasteiger partial charge in [-0.2, -0.15) is 0 Å². The van der Waals surface area contributed by atoms with Crippen molar-refractivity contribution in [1.82, 2.24) is 5.32 Å². The summed E-state index contributed by atoms with van der Waals surface area (Å²) in [5, 5.41) is 3.46. The first kappa shape index (κ1) is 14.0. The van der Waals surface area contributed by atoms with E-state index < -0.39 is 9.84 Å². The lowest BCUT2D eigenvalue weighted by Crippen LogP contribution is -2.33. The first-order chi connectivity index (χ1) is 8.50. The van der Waals surface area contributed by atoms with Crippen LogP contribution in [0.25, 0.3) is 0 Å². The van der Waals surface area contributed by atoms with Crippen LogP contribution in [-0.2, 0) is 9.84 Å². The van der Waals surface area contributed by atoms with E-state index in [1.165, 1.54) is 5.56 Å². The monoisotopic (exact) mass is 331 g/mol. The lowest BCUT2D eigenvalue weighted by atomic mass is 10.0. The lowest BCUT2D eigenvalue weighted by Gasteiger charge is -2.21. The van der Waals surface area contributed by atoms with E-state index in [-0.39, 0.29) is 17.8 Å². The fourth-order valence-electron chi connectivity index (χ4n) is 2.38. The Morgan fingerprint density at radius 2 is 2.28 bits per heavy atom. The Morgan fingerprint density at radius 3 is 2.83 bits per heavy atom. The first-order valence-corrected chi connectivity index (χ1v) is 8.83. The normalized spacial score (nSPS) is 24.0. The van der Waals surface area contributed by atoms with Crippen LogP contribution in [0.5, 0.6) is 0 Å². The van der Waals surface area contributed by atoms with E-state index >= 15 is 0 Å². The van der Waals surface area contributed by atoms with Gasteiger partial charge in [0.25, 0.3) is 0 Å². The maximum atomic E-state index is 11.5. The van der Waals surface area contributed by atoms with Crippen LogP contribution in [-0.4, -0.2) is 26.0 Å². The SMILES string of the molecule is CCC(NC1CCS(=O)(=O)C1)c1cccc(Br)c1. The molecule has 0 amide bonds. The van der Waals surface area contributed by atoms with Crippen molar-refractivity contribution in [2.24, 2.45) is 0 Å². The molecule has 2 unspecified atom stereocenters. The van der Waals surface area contributed by atoms with Gasteiger partial charge in [0, 0.05) is 16.6 Å². The third kappa shape index (κ3) is 3.56. The Morgan fingerprint density at radius 1 is 1.50 bits per heavy atom. The molecule has 18 heavy (non-hydrogen) atoms. The summed E-state index contributed by atoms with van der Waals surface area (Å²) in [5.74, 6) is 0.594. The van der Waals surface area contributed by atoms with Crippen molar-refractivity contribution in [3.63, 3.8) is 0 Å². The van der Waals surface area contributed by atoms with E-state index in [9.17, 15) is 8.42 Å². The maximum Gasteiger partial charge on any atom is 0.151 e. The molecule has 0 aliphatic carbocycles. The number of hydrogen-bond donors (Lipinski definition) is 1. The molecule has 1 fully saturated rings. The quantitative estimate of drug-likeness (QED) is 0.922. The van der Waals surface area contributed by atoms with Gasteiger partial charge in [0.05, 0.1) is 11.5 Å². The molecule has 2 atom stereocenters. The number of rotatable bonds is 4. The molecule has 3 nitrogen and oxygen atoms in total. The summed E-state index contributed by atoms with van der Waals surface area (Å²) in [6, 6.07) is 8.49. The van der Waals surface area contributed by atoms with Crippen LogP contribution < -0.4 is 5.32 Å². The summed E-state index contributed by atoms with van der Waals surface area (Å²) in [6.07, 6.45) is 1.68. The van der Waals surface area contributed by atoms with Crippen molar-refractivity contribution >= 4 is 25.8 Å². The zero-order chi connectivity index (χ0) is 13.2. The fourth-order valence-corrected chi connectivity index (χ4v) is 4.49. The molecule has 1 aromatic carbocycles. The molecule has 1 aliphatic heterocycles. The molecule has 1 heterocycles. The van der Waals surface area contributed by atoms with Gasteiger partial charge in [0.2, 0.25) is 0 Å². The predicted molar refractivity (Wildman–Crippen MR) is 77.4 cm³/mol. The standard InChI is InChI=1S/C13H18BrNO2S/c1-2-13(10-4-3-5-11(14)8-10)15-12-6-7-18(16,17)9-12/h3-5,8,12-13,15H,2,6-7,9H2,1H3. The average Bonchev–Trinajstić information content (AvgIpc) is 2.65. The van der Waals surface area contributed by atoms with Gasteiger partial charge in [-0.15, -0.1) is 0 Å². The van der Waals surface area contributed by atoms with E-state index in [4.69, 9.17) is 0 Å². The molecule has 0 bridgehead atoms.